The predicted octanol–water partition coefficient (Wildman–Crippen LogP) is 6.32. The van der Waals surface area contributed by atoms with Crippen LogP contribution < -0.4 is 0 Å². The lowest BCUT2D eigenvalue weighted by molar-refractivity contribution is -0.132. The van der Waals surface area contributed by atoms with Gasteiger partial charge in [0.05, 0.1) is 0 Å². The molecule has 27 heavy (non-hydrogen) atoms. The van der Waals surface area contributed by atoms with E-state index in [1.807, 2.05) is 4.57 Å². The predicted molar refractivity (Wildman–Crippen MR) is 115 cm³/mol. The van der Waals surface area contributed by atoms with Gasteiger partial charge in [0.1, 0.15) is 5.54 Å². The number of nitrogens with zero attached hydrogens (tertiary/aromatic N) is 2. The van der Waals surface area contributed by atoms with E-state index in [-0.39, 0.29) is 18.0 Å². The molecule has 4 nitrogen and oxygen atoms in total. The molecule has 0 N–H and O–H groups in total. The van der Waals surface area contributed by atoms with Gasteiger partial charge in [-0.3, -0.25) is 9.36 Å². The summed E-state index contributed by atoms with van der Waals surface area (Å²) in [6, 6.07) is 3.53. The first kappa shape index (κ1) is 22.4. The van der Waals surface area contributed by atoms with E-state index >= 15 is 0 Å². The fourth-order valence-electron chi connectivity index (χ4n) is 5.95. The average Bonchev–Trinajstić information content (AvgIpc) is 2.90. The largest absolute Gasteiger partial charge is 0.319 e. The summed E-state index contributed by atoms with van der Waals surface area (Å²) in [5.74, 6) is 0.157. The summed E-state index contributed by atoms with van der Waals surface area (Å²) in [5.41, 5.74) is -0.591. The Balaban J connectivity index is 2.52. The SMILES string of the molecule is CCC[Si](CCC)(CCC)N1C(=O)N(C2CCCCC2)C(CC)(CC)C1=O. The fourth-order valence-corrected chi connectivity index (χ4v) is 11.3. The third-order valence-electron chi connectivity index (χ3n) is 7.19. The highest BCUT2D eigenvalue weighted by molar-refractivity contribution is 6.81. The van der Waals surface area contributed by atoms with Gasteiger partial charge >= 0.3 is 6.03 Å². The highest BCUT2D eigenvalue weighted by Gasteiger charge is 2.61. The number of hydrogen-bond acceptors (Lipinski definition) is 2. The van der Waals surface area contributed by atoms with Crippen LogP contribution in [0.3, 0.4) is 0 Å². The molecule has 0 aromatic heterocycles. The molecule has 1 saturated carbocycles. The van der Waals surface area contributed by atoms with Crippen molar-refractivity contribution in [2.45, 2.75) is 129 Å². The standard InChI is InChI=1S/C22H42N2O2Si/c1-6-16-27(17-7-2,18-8-3)24-20(25)22(9-4,10-5)23(21(24)26)19-14-12-11-13-15-19/h19H,6-18H2,1-5H3. The van der Waals surface area contributed by atoms with Crippen LogP contribution in [0.4, 0.5) is 4.79 Å². The molecule has 3 amide bonds. The second kappa shape index (κ2) is 9.57. The van der Waals surface area contributed by atoms with Crippen LogP contribution in [0.1, 0.15) is 98.8 Å². The van der Waals surface area contributed by atoms with Crippen molar-refractivity contribution in [3.05, 3.63) is 0 Å². The number of imide groups is 1. The summed E-state index contributed by atoms with van der Waals surface area (Å²) in [5, 5.41) is 0. The monoisotopic (exact) mass is 394 g/mol. The second-order valence-electron chi connectivity index (χ2n) is 8.80. The van der Waals surface area contributed by atoms with Crippen molar-refractivity contribution in [1.82, 2.24) is 9.47 Å². The van der Waals surface area contributed by atoms with Crippen LogP contribution in [-0.2, 0) is 4.79 Å². The van der Waals surface area contributed by atoms with Gasteiger partial charge in [0.15, 0.2) is 8.24 Å². The normalized spacial score (nSPS) is 21.4. The highest BCUT2D eigenvalue weighted by atomic mass is 28.3. The van der Waals surface area contributed by atoms with Gasteiger partial charge in [-0.25, -0.2) is 4.79 Å². The van der Waals surface area contributed by atoms with E-state index in [4.69, 9.17) is 0 Å². The average molecular weight is 395 g/mol. The van der Waals surface area contributed by atoms with Gasteiger partial charge in [0.25, 0.3) is 0 Å². The summed E-state index contributed by atoms with van der Waals surface area (Å²) < 4.78 is 1.91. The zero-order valence-corrected chi connectivity index (χ0v) is 19.5. The van der Waals surface area contributed by atoms with Crippen LogP contribution in [0.25, 0.3) is 0 Å². The van der Waals surface area contributed by atoms with Crippen molar-refractivity contribution >= 4 is 20.2 Å². The molecule has 0 unspecified atom stereocenters. The van der Waals surface area contributed by atoms with Crippen molar-refractivity contribution in [1.29, 1.82) is 0 Å². The minimum atomic E-state index is -2.12. The summed E-state index contributed by atoms with van der Waals surface area (Å²) in [4.78, 5) is 29.9. The van der Waals surface area contributed by atoms with Gasteiger partial charge in [-0.15, -0.1) is 0 Å². The maximum atomic E-state index is 13.9. The Hall–Kier alpha value is -0.843. The van der Waals surface area contributed by atoms with Crippen LogP contribution >= 0.6 is 0 Å². The Morgan fingerprint density at radius 1 is 0.852 bits per heavy atom. The Bertz CT molecular complexity index is 495. The lowest BCUT2D eigenvalue weighted by Crippen LogP contribution is -2.57. The molecule has 1 aliphatic heterocycles. The number of carbonyl (C=O) groups is 2. The first-order valence-corrected chi connectivity index (χ1v) is 14.2. The van der Waals surface area contributed by atoms with Crippen molar-refractivity contribution in [3.63, 3.8) is 0 Å². The lowest BCUT2D eigenvalue weighted by Gasteiger charge is -2.41. The van der Waals surface area contributed by atoms with E-state index in [2.05, 4.69) is 39.5 Å². The van der Waals surface area contributed by atoms with Crippen LogP contribution in [0.15, 0.2) is 0 Å². The minimum Gasteiger partial charge on any atom is -0.307 e. The lowest BCUT2D eigenvalue weighted by atomic mass is 9.86. The molecule has 1 aliphatic carbocycles. The molecule has 0 aromatic carbocycles. The number of rotatable bonds is 10. The van der Waals surface area contributed by atoms with Gasteiger partial charge in [0, 0.05) is 6.04 Å². The van der Waals surface area contributed by atoms with Crippen molar-refractivity contribution in [2.24, 2.45) is 0 Å². The fraction of sp³-hybridized carbons (Fsp3) is 0.909. The molecule has 156 valence electrons. The maximum Gasteiger partial charge on any atom is 0.319 e. The van der Waals surface area contributed by atoms with Gasteiger partial charge < -0.3 is 4.90 Å². The van der Waals surface area contributed by atoms with Gasteiger partial charge in [-0.1, -0.05) is 73.1 Å². The molecular formula is C22H42N2O2Si. The molecule has 0 radical (unpaired) electrons. The summed E-state index contributed by atoms with van der Waals surface area (Å²) in [6.45, 7) is 10.9. The molecule has 0 spiro atoms. The van der Waals surface area contributed by atoms with E-state index in [0.29, 0.717) is 0 Å². The topological polar surface area (TPSA) is 40.6 Å². The molecule has 0 aromatic rings. The van der Waals surface area contributed by atoms with E-state index < -0.39 is 13.8 Å². The summed E-state index contributed by atoms with van der Waals surface area (Å²) in [7, 11) is -2.12. The van der Waals surface area contributed by atoms with Crippen LogP contribution in [0.5, 0.6) is 0 Å². The van der Waals surface area contributed by atoms with Crippen molar-refractivity contribution in [2.75, 3.05) is 0 Å². The number of carbonyl (C=O) groups excluding carboxylic acids is 2. The maximum absolute atomic E-state index is 13.9. The molecule has 1 saturated heterocycles. The zero-order chi connectivity index (χ0) is 20.1. The quantitative estimate of drug-likeness (QED) is 0.321. The van der Waals surface area contributed by atoms with Crippen molar-refractivity contribution < 1.29 is 9.59 Å². The summed E-state index contributed by atoms with van der Waals surface area (Å²) >= 11 is 0. The van der Waals surface area contributed by atoms with E-state index in [1.54, 1.807) is 0 Å². The molecule has 5 heteroatoms. The Kier molecular flexibility index (Phi) is 7.96. The smallest absolute Gasteiger partial charge is 0.307 e. The number of hydrogen-bond donors (Lipinski definition) is 0. The number of urea groups is 1. The van der Waals surface area contributed by atoms with Crippen LogP contribution in [0.2, 0.25) is 18.1 Å². The van der Waals surface area contributed by atoms with Gasteiger partial charge in [0.2, 0.25) is 5.91 Å². The minimum absolute atomic E-state index is 0.0811. The van der Waals surface area contributed by atoms with E-state index in [0.717, 1.165) is 63.1 Å². The third kappa shape index (κ3) is 3.85. The Morgan fingerprint density at radius 3 is 1.74 bits per heavy atom. The molecule has 0 atom stereocenters. The number of amides is 3. The highest BCUT2D eigenvalue weighted by Crippen LogP contribution is 2.44. The molecular weight excluding hydrogens is 352 g/mol. The van der Waals surface area contributed by atoms with E-state index in [1.165, 1.54) is 19.3 Å². The molecule has 2 aliphatic rings. The molecule has 0 bridgehead atoms. The second-order valence-corrected chi connectivity index (χ2v) is 13.2. The molecule has 1 heterocycles. The zero-order valence-electron chi connectivity index (χ0n) is 18.5. The Morgan fingerprint density at radius 2 is 1.33 bits per heavy atom. The van der Waals surface area contributed by atoms with Gasteiger partial charge in [-0.05, 0) is 43.8 Å². The third-order valence-corrected chi connectivity index (χ3v) is 12.8. The molecule has 2 rings (SSSR count). The Labute approximate surface area is 168 Å². The van der Waals surface area contributed by atoms with Crippen molar-refractivity contribution in [3.8, 4) is 0 Å². The first-order valence-electron chi connectivity index (χ1n) is 11.7. The van der Waals surface area contributed by atoms with Gasteiger partial charge in [-0.2, -0.15) is 0 Å². The van der Waals surface area contributed by atoms with Crippen LogP contribution in [0, 0.1) is 0 Å². The summed E-state index contributed by atoms with van der Waals surface area (Å²) in [6.07, 6.45) is 10.5. The first-order chi connectivity index (χ1) is 13.0. The molecule has 2 fully saturated rings. The van der Waals surface area contributed by atoms with E-state index in [9.17, 15) is 9.59 Å². The van der Waals surface area contributed by atoms with Crippen LogP contribution in [-0.4, -0.2) is 41.2 Å².